The van der Waals surface area contributed by atoms with Gasteiger partial charge >= 0.3 is 0 Å². The molecular weight excluding hydrogens is 250 g/mol. The zero-order valence-corrected chi connectivity index (χ0v) is 11.7. The maximum absolute atomic E-state index is 5.44. The van der Waals surface area contributed by atoms with Crippen LogP contribution in [0.25, 0.3) is 0 Å². The van der Waals surface area contributed by atoms with Crippen LogP contribution < -0.4 is 20.9 Å². The van der Waals surface area contributed by atoms with E-state index in [1.165, 1.54) is 6.33 Å². The molecule has 2 atom stereocenters. The van der Waals surface area contributed by atoms with Crippen LogP contribution in [-0.2, 0) is 0 Å². The fourth-order valence-electron chi connectivity index (χ4n) is 2.09. The Bertz CT molecular complexity index is 416. The van der Waals surface area contributed by atoms with Crippen LogP contribution in [0.3, 0.4) is 0 Å². The summed E-state index contributed by atoms with van der Waals surface area (Å²) in [6, 6.07) is 0.401. The molecule has 1 aliphatic heterocycles. The van der Waals surface area contributed by atoms with E-state index in [0.717, 1.165) is 18.1 Å². The highest BCUT2D eigenvalue weighted by Crippen LogP contribution is 2.36. The molecule has 6 nitrogen and oxygen atoms in total. The minimum atomic E-state index is 0.401. The second-order valence-corrected chi connectivity index (χ2v) is 5.72. The van der Waals surface area contributed by atoms with Crippen molar-refractivity contribution in [3.05, 3.63) is 6.33 Å². The molecule has 2 heterocycles. The second kappa shape index (κ2) is 5.62. The molecule has 1 aromatic rings. The van der Waals surface area contributed by atoms with Crippen molar-refractivity contribution in [3.8, 4) is 5.75 Å². The van der Waals surface area contributed by atoms with Gasteiger partial charge in [0, 0.05) is 23.6 Å². The molecule has 3 N–H and O–H groups in total. The molecule has 7 heteroatoms. The summed E-state index contributed by atoms with van der Waals surface area (Å²) in [7, 11) is 1.61. The first-order valence-corrected chi connectivity index (χ1v) is 6.97. The molecule has 1 aliphatic rings. The number of nitrogens with one attached hydrogen (secondary N) is 1. The Kier molecular flexibility index (Phi) is 4.13. The maximum Gasteiger partial charge on any atom is 0.205 e. The Hall–Kier alpha value is -1.21. The van der Waals surface area contributed by atoms with Gasteiger partial charge in [-0.05, 0) is 6.92 Å². The van der Waals surface area contributed by atoms with Crippen molar-refractivity contribution >= 4 is 23.4 Å². The monoisotopic (exact) mass is 269 g/mol. The largest absolute Gasteiger partial charge is 0.490 e. The minimum Gasteiger partial charge on any atom is -0.490 e. The molecule has 1 aromatic heterocycles. The van der Waals surface area contributed by atoms with Crippen LogP contribution in [0, 0.1) is 0 Å². The summed E-state index contributed by atoms with van der Waals surface area (Å²) in [6.07, 6.45) is 1.51. The third-order valence-electron chi connectivity index (χ3n) is 3.28. The second-order valence-electron chi connectivity index (χ2n) is 4.23. The first kappa shape index (κ1) is 13.2. The van der Waals surface area contributed by atoms with Crippen LogP contribution in [-0.4, -0.2) is 40.7 Å². The van der Waals surface area contributed by atoms with E-state index in [9.17, 15) is 0 Å². The van der Waals surface area contributed by atoms with Gasteiger partial charge in [0.2, 0.25) is 5.75 Å². The molecule has 0 radical (unpaired) electrons. The Morgan fingerprint density at radius 1 is 1.50 bits per heavy atom. The van der Waals surface area contributed by atoms with E-state index in [0.29, 0.717) is 22.9 Å². The van der Waals surface area contributed by atoms with Crippen LogP contribution in [0.4, 0.5) is 11.6 Å². The summed E-state index contributed by atoms with van der Waals surface area (Å²) in [5.41, 5.74) is 2.54. The topological polar surface area (TPSA) is 76.3 Å². The Balaban J connectivity index is 2.37. The van der Waals surface area contributed by atoms with E-state index in [4.69, 9.17) is 10.6 Å². The molecule has 0 aromatic carbocycles. The number of nitrogens with two attached hydrogens (primary N) is 1. The van der Waals surface area contributed by atoms with Crippen LogP contribution >= 0.6 is 11.8 Å². The van der Waals surface area contributed by atoms with Crippen LogP contribution in [0.5, 0.6) is 5.75 Å². The van der Waals surface area contributed by atoms with Crippen molar-refractivity contribution in [2.75, 3.05) is 29.7 Å². The summed E-state index contributed by atoms with van der Waals surface area (Å²) in [5, 5.41) is 0.563. The van der Waals surface area contributed by atoms with Crippen LogP contribution in [0.15, 0.2) is 6.33 Å². The highest BCUT2D eigenvalue weighted by molar-refractivity contribution is 8.00. The van der Waals surface area contributed by atoms with Crippen molar-refractivity contribution in [1.82, 2.24) is 9.97 Å². The van der Waals surface area contributed by atoms with Crippen molar-refractivity contribution in [2.45, 2.75) is 25.1 Å². The number of hydrogen-bond acceptors (Lipinski definition) is 7. The number of hydrazine groups is 1. The Morgan fingerprint density at radius 3 is 2.94 bits per heavy atom. The highest BCUT2D eigenvalue weighted by Gasteiger charge is 2.29. The number of anilines is 2. The van der Waals surface area contributed by atoms with Gasteiger partial charge in [-0.2, -0.15) is 11.8 Å². The normalized spacial score (nSPS) is 23.9. The number of rotatable bonds is 3. The van der Waals surface area contributed by atoms with Gasteiger partial charge in [-0.25, -0.2) is 15.8 Å². The SMILES string of the molecule is COc1c(NN)ncnc1N1CCSC(C)C1C. The molecular formula is C11H19N5OS. The lowest BCUT2D eigenvalue weighted by molar-refractivity contribution is 0.410. The molecule has 0 amide bonds. The molecule has 18 heavy (non-hydrogen) atoms. The van der Waals surface area contributed by atoms with Crippen molar-refractivity contribution in [3.63, 3.8) is 0 Å². The number of nitrogens with zero attached hydrogens (tertiary/aromatic N) is 3. The number of ether oxygens (including phenoxy) is 1. The zero-order valence-electron chi connectivity index (χ0n) is 10.9. The van der Waals surface area contributed by atoms with E-state index in [2.05, 4.69) is 34.1 Å². The summed E-state index contributed by atoms with van der Waals surface area (Å²) >= 11 is 1.98. The van der Waals surface area contributed by atoms with Gasteiger partial charge in [0.25, 0.3) is 0 Å². The number of hydrogen-bond donors (Lipinski definition) is 2. The first-order chi connectivity index (χ1) is 8.69. The van der Waals surface area contributed by atoms with Gasteiger partial charge in [-0.3, -0.25) is 0 Å². The summed E-state index contributed by atoms with van der Waals surface area (Å²) in [6.45, 7) is 5.39. The Morgan fingerprint density at radius 2 is 2.28 bits per heavy atom. The fourth-order valence-corrected chi connectivity index (χ4v) is 3.19. The predicted molar refractivity (Wildman–Crippen MR) is 75.1 cm³/mol. The van der Waals surface area contributed by atoms with Gasteiger partial charge in [-0.1, -0.05) is 6.92 Å². The number of aromatic nitrogens is 2. The van der Waals surface area contributed by atoms with Crippen molar-refractivity contribution in [1.29, 1.82) is 0 Å². The standard InChI is InChI=1S/C11H19N5OS/c1-7-8(2)18-5-4-16(7)11-9(17-3)10(15-12)13-6-14-11/h6-8H,4-5,12H2,1-3H3,(H,13,14,15). The molecule has 2 unspecified atom stereocenters. The van der Waals surface area contributed by atoms with E-state index in [1.807, 2.05) is 11.8 Å². The van der Waals surface area contributed by atoms with Crippen molar-refractivity contribution < 1.29 is 4.74 Å². The third kappa shape index (κ3) is 2.32. The maximum atomic E-state index is 5.44. The molecule has 2 rings (SSSR count). The zero-order chi connectivity index (χ0) is 13.1. The fraction of sp³-hybridized carbons (Fsp3) is 0.636. The minimum absolute atomic E-state index is 0.401. The lowest BCUT2D eigenvalue weighted by atomic mass is 10.2. The summed E-state index contributed by atoms with van der Waals surface area (Å²) < 4.78 is 5.39. The quantitative estimate of drug-likeness (QED) is 0.628. The lowest BCUT2D eigenvalue weighted by Gasteiger charge is -2.38. The molecule has 100 valence electrons. The van der Waals surface area contributed by atoms with E-state index in [-0.39, 0.29) is 0 Å². The molecule has 1 fully saturated rings. The van der Waals surface area contributed by atoms with Gasteiger partial charge < -0.3 is 15.1 Å². The molecule has 0 aliphatic carbocycles. The first-order valence-electron chi connectivity index (χ1n) is 5.93. The average molecular weight is 269 g/mol. The third-order valence-corrected chi connectivity index (χ3v) is 4.62. The van der Waals surface area contributed by atoms with Crippen LogP contribution in [0.2, 0.25) is 0 Å². The number of thioether (sulfide) groups is 1. The van der Waals surface area contributed by atoms with E-state index in [1.54, 1.807) is 7.11 Å². The number of methoxy groups -OCH3 is 1. The molecule has 0 saturated carbocycles. The lowest BCUT2D eigenvalue weighted by Crippen LogP contribution is -2.45. The predicted octanol–water partition coefficient (Wildman–Crippen LogP) is 1.10. The van der Waals surface area contributed by atoms with Gasteiger partial charge in [-0.15, -0.1) is 0 Å². The smallest absolute Gasteiger partial charge is 0.205 e. The Labute approximate surface area is 111 Å². The summed E-state index contributed by atoms with van der Waals surface area (Å²) in [5.74, 6) is 8.45. The van der Waals surface area contributed by atoms with Gasteiger partial charge in [0.05, 0.1) is 7.11 Å². The van der Waals surface area contributed by atoms with Gasteiger partial charge in [0.1, 0.15) is 6.33 Å². The molecule has 0 bridgehead atoms. The van der Waals surface area contributed by atoms with Crippen molar-refractivity contribution in [2.24, 2.45) is 5.84 Å². The molecule has 0 spiro atoms. The summed E-state index contributed by atoms with van der Waals surface area (Å²) in [4.78, 5) is 10.7. The van der Waals surface area contributed by atoms with Gasteiger partial charge in [0.15, 0.2) is 11.6 Å². The highest BCUT2D eigenvalue weighted by atomic mass is 32.2. The van der Waals surface area contributed by atoms with Crippen LogP contribution in [0.1, 0.15) is 13.8 Å². The van der Waals surface area contributed by atoms with E-state index >= 15 is 0 Å². The average Bonchev–Trinajstić information content (AvgIpc) is 2.41. The number of nitrogen functional groups attached to an aromatic ring is 1. The molecule has 1 saturated heterocycles. The van der Waals surface area contributed by atoms with E-state index < -0.39 is 0 Å².